The molecule has 1 aromatic heterocycles. The van der Waals surface area contributed by atoms with E-state index < -0.39 is 0 Å². The molecule has 0 aliphatic carbocycles. The topological polar surface area (TPSA) is 85.4 Å². The highest BCUT2D eigenvalue weighted by Gasteiger charge is 2.18. The first kappa shape index (κ1) is 11.9. The van der Waals surface area contributed by atoms with Crippen LogP contribution in [0.25, 0.3) is 0 Å². The Balaban J connectivity index is 2.00. The van der Waals surface area contributed by atoms with Gasteiger partial charge in [-0.2, -0.15) is 5.10 Å². The van der Waals surface area contributed by atoms with Crippen molar-refractivity contribution in [2.24, 2.45) is 0 Å². The van der Waals surface area contributed by atoms with Crippen molar-refractivity contribution in [2.75, 3.05) is 32.0 Å². The molecule has 0 radical (unpaired) electrons. The quantitative estimate of drug-likeness (QED) is 0.740. The van der Waals surface area contributed by atoms with E-state index in [1.807, 2.05) is 11.9 Å². The Labute approximate surface area is 99.5 Å². The maximum Gasteiger partial charge on any atom is 0.288 e. The highest BCUT2D eigenvalue weighted by molar-refractivity contribution is 5.96. The molecule has 94 valence electrons. The lowest BCUT2D eigenvalue weighted by Gasteiger charge is -2.26. The Morgan fingerprint density at radius 1 is 1.59 bits per heavy atom. The molecule has 2 heterocycles. The maximum atomic E-state index is 11.9. The molecule has 1 fully saturated rings. The number of nitrogen functional groups attached to an aromatic ring is 1. The monoisotopic (exact) mass is 239 g/mol. The van der Waals surface area contributed by atoms with Gasteiger partial charge >= 0.3 is 0 Å². The van der Waals surface area contributed by atoms with Crippen LogP contribution in [0.2, 0.25) is 0 Å². The predicted octanol–water partition coefficient (Wildman–Crippen LogP) is -0.538. The van der Waals surface area contributed by atoms with Gasteiger partial charge in [0.2, 0.25) is 0 Å². The second-order valence-corrected chi connectivity index (χ2v) is 3.83. The summed E-state index contributed by atoms with van der Waals surface area (Å²) in [6.45, 7) is 5.24. The van der Waals surface area contributed by atoms with E-state index >= 15 is 0 Å². The van der Waals surface area contributed by atoms with Crippen LogP contribution < -0.4 is 11.2 Å². The molecule has 0 atom stereocenters. The molecule has 1 aliphatic rings. The van der Waals surface area contributed by atoms with Gasteiger partial charge in [0.1, 0.15) is 0 Å². The van der Waals surface area contributed by atoms with Crippen molar-refractivity contribution in [2.45, 2.75) is 13.5 Å². The first-order valence-corrected chi connectivity index (χ1v) is 5.67. The third kappa shape index (κ3) is 2.75. The first-order chi connectivity index (χ1) is 8.20. The minimum Gasteiger partial charge on any atom is -0.396 e. The SMILES string of the molecule is CCn1cc(N)c(C(=O)NN2CCOCC2)n1. The zero-order valence-corrected chi connectivity index (χ0v) is 9.85. The average Bonchev–Trinajstić information content (AvgIpc) is 2.72. The molecule has 0 saturated carbocycles. The summed E-state index contributed by atoms with van der Waals surface area (Å²) in [6, 6.07) is 0. The molecule has 0 unspecified atom stereocenters. The highest BCUT2D eigenvalue weighted by Crippen LogP contribution is 2.09. The van der Waals surface area contributed by atoms with Crippen molar-refractivity contribution >= 4 is 11.6 Å². The third-order valence-corrected chi connectivity index (χ3v) is 2.60. The maximum absolute atomic E-state index is 11.9. The molecule has 3 N–H and O–H groups in total. The summed E-state index contributed by atoms with van der Waals surface area (Å²) in [4.78, 5) is 11.9. The fourth-order valence-corrected chi connectivity index (χ4v) is 1.65. The van der Waals surface area contributed by atoms with Crippen molar-refractivity contribution in [3.63, 3.8) is 0 Å². The standard InChI is InChI=1S/C10H17N5O2/c1-2-14-7-8(11)9(12-14)10(16)13-15-3-5-17-6-4-15/h7H,2-6,11H2,1H3,(H,13,16). The van der Waals surface area contributed by atoms with Crippen LogP contribution in [-0.2, 0) is 11.3 Å². The van der Waals surface area contributed by atoms with Crippen LogP contribution in [0.15, 0.2) is 6.20 Å². The number of carbonyl (C=O) groups excluding carboxylic acids is 1. The lowest BCUT2D eigenvalue weighted by molar-refractivity contribution is 0.0124. The van der Waals surface area contributed by atoms with E-state index in [9.17, 15) is 4.79 Å². The van der Waals surface area contributed by atoms with E-state index in [1.54, 1.807) is 10.9 Å². The summed E-state index contributed by atoms with van der Waals surface area (Å²) in [7, 11) is 0. The highest BCUT2D eigenvalue weighted by atomic mass is 16.5. The van der Waals surface area contributed by atoms with Gasteiger partial charge in [-0.25, -0.2) is 5.01 Å². The van der Waals surface area contributed by atoms with Gasteiger partial charge in [-0.15, -0.1) is 0 Å². The molecular weight excluding hydrogens is 222 g/mol. The van der Waals surface area contributed by atoms with Crippen molar-refractivity contribution in [1.82, 2.24) is 20.2 Å². The molecule has 1 aromatic rings. The van der Waals surface area contributed by atoms with Gasteiger partial charge in [0.05, 0.1) is 18.9 Å². The lowest BCUT2D eigenvalue weighted by atomic mass is 10.3. The average molecular weight is 239 g/mol. The number of anilines is 1. The molecule has 1 amide bonds. The van der Waals surface area contributed by atoms with E-state index in [-0.39, 0.29) is 11.6 Å². The molecule has 1 aliphatic heterocycles. The summed E-state index contributed by atoms with van der Waals surface area (Å²) in [5.41, 5.74) is 9.18. The smallest absolute Gasteiger partial charge is 0.288 e. The number of aromatic nitrogens is 2. The van der Waals surface area contributed by atoms with E-state index in [1.165, 1.54) is 0 Å². The molecule has 0 aromatic carbocycles. The lowest BCUT2D eigenvalue weighted by Crippen LogP contribution is -2.48. The molecule has 7 nitrogen and oxygen atoms in total. The first-order valence-electron chi connectivity index (χ1n) is 5.67. The van der Waals surface area contributed by atoms with Crippen LogP contribution in [0.5, 0.6) is 0 Å². The number of carbonyl (C=O) groups is 1. The second-order valence-electron chi connectivity index (χ2n) is 3.83. The van der Waals surface area contributed by atoms with Crippen molar-refractivity contribution in [3.8, 4) is 0 Å². The van der Waals surface area contributed by atoms with E-state index in [0.717, 1.165) is 0 Å². The normalized spacial score (nSPS) is 17.0. The number of morpholine rings is 1. The van der Waals surface area contributed by atoms with Crippen LogP contribution in [-0.4, -0.2) is 47.0 Å². The Hall–Kier alpha value is -1.60. The van der Waals surface area contributed by atoms with Crippen molar-refractivity contribution < 1.29 is 9.53 Å². The largest absolute Gasteiger partial charge is 0.396 e. The zero-order valence-electron chi connectivity index (χ0n) is 9.85. The van der Waals surface area contributed by atoms with Gasteiger partial charge in [-0.1, -0.05) is 0 Å². The third-order valence-electron chi connectivity index (χ3n) is 2.60. The van der Waals surface area contributed by atoms with Crippen molar-refractivity contribution in [3.05, 3.63) is 11.9 Å². The van der Waals surface area contributed by atoms with Crippen molar-refractivity contribution in [1.29, 1.82) is 0 Å². The molecule has 7 heteroatoms. The molecule has 2 rings (SSSR count). The van der Waals surface area contributed by atoms with Crippen LogP contribution >= 0.6 is 0 Å². The minimum absolute atomic E-state index is 0.267. The molecular formula is C10H17N5O2. The number of hydrogen-bond donors (Lipinski definition) is 2. The molecule has 17 heavy (non-hydrogen) atoms. The number of hydrazine groups is 1. The summed E-state index contributed by atoms with van der Waals surface area (Å²) in [5.74, 6) is -0.267. The van der Waals surface area contributed by atoms with E-state index in [4.69, 9.17) is 10.5 Å². The number of nitrogens with one attached hydrogen (secondary N) is 1. The number of nitrogens with zero attached hydrogens (tertiary/aromatic N) is 3. The second kappa shape index (κ2) is 5.15. The Morgan fingerprint density at radius 2 is 2.29 bits per heavy atom. The summed E-state index contributed by atoms with van der Waals surface area (Å²) >= 11 is 0. The number of aryl methyl sites for hydroxylation is 1. The summed E-state index contributed by atoms with van der Waals surface area (Å²) in [6.07, 6.45) is 1.66. The fourth-order valence-electron chi connectivity index (χ4n) is 1.65. The minimum atomic E-state index is -0.267. The Morgan fingerprint density at radius 3 is 2.88 bits per heavy atom. The number of nitrogens with two attached hydrogens (primary N) is 1. The summed E-state index contributed by atoms with van der Waals surface area (Å²) < 4.78 is 6.84. The van der Waals surface area contributed by atoms with Gasteiger partial charge < -0.3 is 10.5 Å². The Bertz CT molecular complexity index is 397. The van der Waals surface area contributed by atoms with Crippen LogP contribution in [0, 0.1) is 0 Å². The van der Waals surface area contributed by atoms with Crippen LogP contribution in [0.4, 0.5) is 5.69 Å². The molecule has 0 bridgehead atoms. The number of ether oxygens (including phenoxy) is 1. The molecule has 1 saturated heterocycles. The van der Waals surface area contributed by atoms with Gasteiger partial charge in [0.25, 0.3) is 5.91 Å². The van der Waals surface area contributed by atoms with Gasteiger partial charge in [0.15, 0.2) is 5.69 Å². The number of hydrogen-bond acceptors (Lipinski definition) is 5. The number of amides is 1. The summed E-state index contributed by atoms with van der Waals surface area (Å²) in [5, 5.41) is 5.93. The number of rotatable bonds is 3. The van der Waals surface area contributed by atoms with E-state index in [0.29, 0.717) is 38.5 Å². The van der Waals surface area contributed by atoms with Gasteiger partial charge in [-0.05, 0) is 6.92 Å². The molecule has 0 spiro atoms. The van der Waals surface area contributed by atoms with Crippen LogP contribution in [0.3, 0.4) is 0 Å². The van der Waals surface area contributed by atoms with Gasteiger partial charge in [0, 0.05) is 25.8 Å². The fraction of sp³-hybridized carbons (Fsp3) is 0.600. The predicted molar refractivity (Wildman–Crippen MR) is 62.2 cm³/mol. The zero-order chi connectivity index (χ0) is 12.3. The van der Waals surface area contributed by atoms with Gasteiger partial charge in [-0.3, -0.25) is 14.9 Å². The van der Waals surface area contributed by atoms with E-state index in [2.05, 4.69) is 10.5 Å². The van der Waals surface area contributed by atoms with Crippen LogP contribution in [0.1, 0.15) is 17.4 Å². The Kier molecular flexibility index (Phi) is 3.60.